The lowest BCUT2D eigenvalue weighted by Gasteiger charge is -2.34. The van der Waals surface area contributed by atoms with E-state index in [9.17, 15) is 14.4 Å². The number of anilines is 1. The third kappa shape index (κ3) is 3.80. The highest BCUT2D eigenvalue weighted by atomic mass is 32.1. The predicted octanol–water partition coefficient (Wildman–Crippen LogP) is 3.16. The SMILES string of the molecule is O=C1NC(=O)C2(CCC(NC(=O)c3sccc3NCc3ccnc4ccccc34)CC2)N1. The molecule has 4 amide bonds. The van der Waals surface area contributed by atoms with Gasteiger partial charge in [-0.25, -0.2) is 4.79 Å². The van der Waals surface area contributed by atoms with Gasteiger partial charge in [0.05, 0.1) is 11.2 Å². The van der Waals surface area contributed by atoms with Crippen LogP contribution in [-0.4, -0.2) is 34.4 Å². The van der Waals surface area contributed by atoms with Gasteiger partial charge in [-0.15, -0.1) is 11.3 Å². The summed E-state index contributed by atoms with van der Waals surface area (Å²) in [5.41, 5.74) is 2.03. The first-order valence-corrected chi connectivity index (χ1v) is 11.5. The number of carbonyl (C=O) groups excluding carboxylic acids is 3. The first-order valence-electron chi connectivity index (χ1n) is 10.6. The summed E-state index contributed by atoms with van der Waals surface area (Å²) < 4.78 is 0. The number of urea groups is 1. The monoisotopic (exact) mass is 449 g/mol. The Kier molecular flexibility index (Phi) is 5.26. The smallest absolute Gasteiger partial charge is 0.322 e. The lowest BCUT2D eigenvalue weighted by Crippen LogP contribution is -2.52. The fraction of sp³-hybridized carbons (Fsp3) is 0.304. The Morgan fingerprint density at radius 2 is 1.97 bits per heavy atom. The number of nitrogens with one attached hydrogen (secondary N) is 4. The zero-order valence-corrected chi connectivity index (χ0v) is 18.1. The Hall–Kier alpha value is -3.46. The van der Waals surface area contributed by atoms with Crippen molar-refractivity contribution in [2.75, 3.05) is 5.32 Å². The highest BCUT2D eigenvalue weighted by Gasteiger charge is 2.48. The van der Waals surface area contributed by atoms with Crippen molar-refractivity contribution < 1.29 is 14.4 Å². The second kappa shape index (κ2) is 8.23. The number of thiophene rings is 1. The largest absolute Gasteiger partial charge is 0.380 e. The Balaban J connectivity index is 1.22. The van der Waals surface area contributed by atoms with E-state index in [2.05, 4.69) is 26.3 Å². The molecule has 0 unspecified atom stereocenters. The summed E-state index contributed by atoms with van der Waals surface area (Å²) in [6, 6.07) is 11.4. The second-order valence-corrected chi connectivity index (χ2v) is 9.16. The zero-order chi connectivity index (χ0) is 22.1. The first-order chi connectivity index (χ1) is 15.5. The molecule has 3 heterocycles. The molecular formula is C23H23N5O3S. The van der Waals surface area contributed by atoms with Gasteiger partial charge >= 0.3 is 6.03 Å². The average Bonchev–Trinajstić information content (AvgIpc) is 3.38. The van der Waals surface area contributed by atoms with Crippen LogP contribution in [0.4, 0.5) is 10.5 Å². The number of nitrogens with zero attached hydrogens (tertiary/aromatic N) is 1. The maximum absolute atomic E-state index is 12.9. The Morgan fingerprint density at radius 1 is 1.16 bits per heavy atom. The summed E-state index contributed by atoms with van der Waals surface area (Å²) in [6.45, 7) is 0.584. The van der Waals surface area contributed by atoms with Gasteiger partial charge in [0.1, 0.15) is 10.4 Å². The number of aromatic nitrogens is 1. The minimum atomic E-state index is -0.818. The molecule has 32 heavy (non-hydrogen) atoms. The van der Waals surface area contributed by atoms with E-state index in [1.54, 1.807) is 6.20 Å². The van der Waals surface area contributed by atoms with Gasteiger partial charge in [-0.3, -0.25) is 19.9 Å². The van der Waals surface area contributed by atoms with Crippen LogP contribution in [0, 0.1) is 0 Å². The molecule has 1 saturated heterocycles. The highest BCUT2D eigenvalue weighted by Crippen LogP contribution is 2.32. The molecule has 0 bridgehead atoms. The second-order valence-electron chi connectivity index (χ2n) is 8.24. The third-order valence-corrected chi connectivity index (χ3v) is 7.18. The number of rotatable bonds is 5. The topological polar surface area (TPSA) is 112 Å². The molecular weight excluding hydrogens is 426 g/mol. The molecule has 2 aromatic heterocycles. The standard InChI is InChI=1S/C23H23N5O3S/c29-20(26-15-5-9-23(10-6-15)21(30)27-22(31)28-23)19-18(8-12-32-19)25-13-14-7-11-24-17-4-2-1-3-16(14)17/h1-4,7-8,11-12,15,25H,5-6,9-10,13H2,(H,26,29)(H2,27,28,30,31). The molecule has 164 valence electrons. The molecule has 4 N–H and O–H groups in total. The van der Waals surface area contributed by atoms with E-state index < -0.39 is 11.6 Å². The third-order valence-electron chi connectivity index (χ3n) is 6.27. The van der Waals surface area contributed by atoms with E-state index in [1.807, 2.05) is 41.8 Å². The normalized spacial score (nSPS) is 22.6. The number of pyridine rings is 1. The molecule has 1 aliphatic carbocycles. The van der Waals surface area contributed by atoms with Gasteiger partial charge in [0.2, 0.25) is 0 Å². The summed E-state index contributed by atoms with van der Waals surface area (Å²) in [6.07, 6.45) is 4.09. The Labute approximate surface area is 188 Å². The van der Waals surface area contributed by atoms with Crippen LogP contribution < -0.4 is 21.3 Å². The van der Waals surface area contributed by atoms with Gasteiger partial charge in [-0.2, -0.15) is 0 Å². The number of carbonyl (C=O) groups is 3. The van der Waals surface area contributed by atoms with Crippen LogP contribution >= 0.6 is 11.3 Å². The molecule has 5 rings (SSSR count). The summed E-state index contributed by atoms with van der Waals surface area (Å²) in [5.74, 6) is -0.386. The van der Waals surface area contributed by atoms with Crippen molar-refractivity contribution in [2.45, 2.75) is 43.8 Å². The first kappa shape index (κ1) is 20.4. The van der Waals surface area contributed by atoms with Gasteiger partial charge in [0, 0.05) is 24.2 Å². The number of hydrogen-bond acceptors (Lipinski definition) is 6. The van der Waals surface area contributed by atoms with E-state index in [0.29, 0.717) is 37.1 Å². The van der Waals surface area contributed by atoms with Gasteiger partial charge < -0.3 is 16.0 Å². The molecule has 1 saturated carbocycles. The quantitative estimate of drug-likeness (QED) is 0.447. The predicted molar refractivity (Wildman–Crippen MR) is 123 cm³/mol. The van der Waals surface area contributed by atoms with Crippen molar-refractivity contribution in [1.29, 1.82) is 0 Å². The molecule has 1 aromatic carbocycles. The molecule has 0 atom stereocenters. The number of amides is 4. The van der Waals surface area contributed by atoms with Crippen LogP contribution in [-0.2, 0) is 11.3 Å². The van der Waals surface area contributed by atoms with Crippen LogP contribution in [0.3, 0.4) is 0 Å². The van der Waals surface area contributed by atoms with Crippen molar-refractivity contribution in [2.24, 2.45) is 0 Å². The number of hydrogen-bond donors (Lipinski definition) is 4. The van der Waals surface area contributed by atoms with E-state index in [4.69, 9.17) is 0 Å². The number of para-hydroxylation sites is 1. The lowest BCUT2D eigenvalue weighted by molar-refractivity contribution is -0.125. The average molecular weight is 450 g/mol. The van der Waals surface area contributed by atoms with Crippen LogP contribution in [0.15, 0.2) is 48.0 Å². The molecule has 3 aromatic rings. The summed E-state index contributed by atoms with van der Waals surface area (Å²) in [7, 11) is 0. The number of benzene rings is 1. The van der Waals surface area contributed by atoms with E-state index in [-0.39, 0.29) is 17.9 Å². The Morgan fingerprint density at radius 3 is 2.75 bits per heavy atom. The molecule has 0 radical (unpaired) electrons. The van der Waals surface area contributed by atoms with Crippen molar-refractivity contribution in [3.63, 3.8) is 0 Å². The fourth-order valence-corrected chi connectivity index (χ4v) is 5.28. The van der Waals surface area contributed by atoms with Crippen LogP contribution in [0.5, 0.6) is 0 Å². The van der Waals surface area contributed by atoms with Gasteiger partial charge in [0.25, 0.3) is 11.8 Å². The van der Waals surface area contributed by atoms with Crippen LogP contribution in [0.2, 0.25) is 0 Å². The molecule has 9 heteroatoms. The summed E-state index contributed by atoms with van der Waals surface area (Å²) in [4.78, 5) is 41.6. The molecule has 2 fully saturated rings. The van der Waals surface area contributed by atoms with Crippen LogP contribution in [0.1, 0.15) is 40.9 Å². The van der Waals surface area contributed by atoms with Crippen molar-refractivity contribution in [3.8, 4) is 0 Å². The summed E-state index contributed by atoms with van der Waals surface area (Å²) in [5, 5.41) is 14.5. The number of imide groups is 1. The fourth-order valence-electron chi connectivity index (χ4n) is 4.51. The molecule has 1 spiro atoms. The van der Waals surface area contributed by atoms with Gasteiger partial charge in [-0.1, -0.05) is 18.2 Å². The van der Waals surface area contributed by atoms with Gasteiger partial charge in [0.15, 0.2) is 0 Å². The molecule has 8 nitrogen and oxygen atoms in total. The van der Waals surface area contributed by atoms with Gasteiger partial charge in [-0.05, 0) is 54.8 Å². The zero-order valence-electron chi connectivity index (χ0n) is 17.3. The highest BCUT2D eigenvalue weighted by molar-refractivity contribution is 7.12. The minimum absolute atomic E-state index is 0.0301. The van der Waals surface area contributed by atoms with Crippen molar-refractivity contribution in [3.05, 3.63) is 58.4 Å². The maximum Gasteiger partial charge on any atom is 0.322 e. The minimum Gasteiger partial charge on any atom is -0.380 e. The van der Waals surface area contributed by atoms with Crippen molar-refractivity contribution >= 4 is 45.8 Å². The van der Waals surface area contributed by atoms with Crippen LogP contribution in [0.25, 0.3) is 10.9 Å². The molecule has 1 aliphatic heterocycles. The number of fused-ring (bicyclic) bond motifs is 1. The Bertz CT molecular complexity index is 1190. The lowest BCUT2D eigenvalue weighted by atomic mass is 9.79. The molecule has 2 aliphatic rings. The van der Waals surface area contributed by atoms with E-state index in [0.717, 1.165) is 22.2 Å². The van der Waals surface area contributed by atoms with E-state index in [1.165, 1.54) is 11.3 Å². The maximum atomic E-state index is 12.9. The summed E-state index contributed by atoms with van der Waals surface area (Å²) >= 11 is 1.40. The van der Waals surface area contributed by atoms with E-state index >= 15 is 0 Å². The van der Waals surface area contributed by atoms with Crippen molar-refractivity contribution in [1.82, 2.24) is 20.9 Å².